The van der Waals surface area contributed by atoms with Gasteiger partial charge in [-0.3, -0.25) is 10.2 Å². The molecule has 1 amide bonds. The van der Waals surface area contributed by atoms with E-state index in [2.05, 4.69) is 5.43 Å². The Morgan fingerprint density at radius 2 is 1.94 bits per heavy atom. The van der Waals surface area contributed by atoms with Gasteiger partial charge in [-0.15, -0.1) is 0 Å². The van der Waals surface area contributed by atoms with Crippen LogP contribution in [-0.4, -0.2) is 24.5 Å². The van der Waals surface area contributed by atoms with Gasteiger partial charge < -0.3 is 0 Å². The zero-order valence-corrected chi connectivity index (χ0v) is 9.21. The largest absolute Gasteiger partial charge is 0.287 e. The van der Waals surface area contributed by atoms with Crippen LogP contribution in [0.4, 0.5) is 13.2 Å². The van der Waals surface area contributed by atoms with Crippen LogP contribution in [0.25, 0.3) is 0 Å². The van der Waals surface area contributed by atoms with E-state index in [0.29, 0.717) is 5.56 Å². The first kappa shape index (κ1) is 13.5. The van der Waals surface area contributed by atoms with Crippen molar-refractivity contribution in [2.45, 2.75) is 18.9 Å². The second kappa shape index (κ2) is 5.67. The van der Waals surface area contributed by atoms with Gasteiger partial charge in [0.15, 0.2) is 0 Å². The molecule has 0 aliphatic rings. The van der Waals surface area contributed by atoms with Crippen molar-refractivity contribution in [3.8, 4) is 0 Å². The van der Waals surface area contributed by atoms with E-state index < -0.39 is 24.5 Å². The smallest absolute Gasteiger partial charge is 0.265 e. The molecular weight excluding hydrogens is 233 g/mol. The van der Waals surface area contributed by atoms with E-state index in [4.69, 9.17) is 0 Å². The molecule has 1 rings (SSSR count). The third-order valence-electron chi connectivity index (χ3n) is 2.26. The second-order valence-electron chi connectivity index (χ2n) is 3.80. The maximum absolute atomic E-state index is 12.5. The molecule has 0 saturated carbocycles. The van der Waals surface area contributed by atoms with Crippen molar-refractivity contribution < 1.29 is 18.0 Å². The SMILES string of the molecule is CC(CF)(NNC(=O)c1ccccc1)C(F)F. The van der Waals surface area contributed by atoms with Crippen molar-refractivity contribution >= 4 is 5.91 Å². The lowest BCUT2D eigenvalue weighted by Crippen LogP contribution is -2.58. The number of carbonyl (C=O) groups is 1. The van der Waals surface area contributed by atoms with Crippen molar-refractivity contribution in [1.29, 1.82) is 0 Å². The van der Waals surface area contributed by atoms with Gasteiger partial charge in [-0.2, -0.15) is 0 Å². The van der Waals surface area contributed by atoms with Gasteiger partial charge in [0.1, 0.15) is 12.2 Å². The molecule has 0 radical (unpaired) electrons. The maximum Gasteiger partial charge on any atom is 0.265 e. The van der Waals surface area contributed by atoms with Crippen LogP contribution in [0.5, 0.6) is 0 Å². The first-order valence-electron chi connectivity index (χ1n) is 4.96. The van der Waals surface area contributed by atoms with Crippen LogP contribution >= 0.6 is 0 Å². The van der Waals surface area contributed by atoms with Crippen LogP contribution in [0, 0.1) is 0 Å². The van der Waals surface area contributed by atoms with Gasteiger partial charge in [-0.05, 0) is 19.1 Å². The van der Waals surface area contributed by atoms with Crippen LogP contribution in [0.3, 0.4) is 0 Å². The molecule has 1 aromatic rings. The molecular formula is C11H13F3N2O. The van der Waals surface area contributed by atoms with Gasteiger partial charge in [0.2, 0.25) is 0 Å². The molecule has 1 unspecified atom stereocenters. The number of hydrogen-bond acceptors (Lipinski definition) is 2. The Morgan fingerprint density at radius 3 is 2.41 bits per heavy atom. The van der Waals surface area contributed by atoms with Gasteiger partial charge in [0, 0.05) is 5.56 Å². The summed E-state index contributed by atoms with van der Waals surface area (Å²) in [6.07, 6.45) is -2.93. The van der Waals surface area contributed by atoms with E-state index in [0.717, 1.165) is 6.92 Å². The number of amides is 1. The van der Waals surface area contributed by atoms with Gasteiger partial charge in [-0.1, -0.05) is 18.2 Å². The minimum atomic E-state index is -2.93. The zero-order chi connectivity index (χ0) is 12.9. The fourth-order valence-electron chi connectivity index (χ4n) is 1.01. The molecule has 94 valence electrons. The third kappa shape index (κ3) is 3.45. The highest BCUT2D eigenvalue weighted by atomic mass is 19.3. The predicted octanol–water partition coefficient (Wildman–Crippen LogP) is 1.91. The predicted molar refractivity (Wildman–Crippen MR) is 57.4 cm³/mol. The first-order valence-corrected chi connectivity index (χ1v) is 4.96. The lowest BCUT2D eigenvalue weighted by molar-refractivity contribution is 0.0167. The Balaban J connectivity index is 2.59. The van der Waals surface area contributed by atoms with E-state index in [1.165, 1.54) is 12.1 Å². The molecule has 0 spiro atoms. The van der Waals surface area contributed by atoms with Crippen molar-refractivity contribution in [2.24, 2.45) is 0 Å². The summed E-state index contributed by atoms with van der Waals surface area (Å²) < 4.78 is 37.4. The molecule has 0 aliphatic carbocycles. The number of nitrogens with one attached hydrogen (secondary N) is 2. The van der Waals surface area contributed by atoms with Crippen LogP contribution < -0.4 is 10.9 Å². The molecule has 0 aliphatic heterocycles. The van der Waals surface area contributed by atoms with Gasteiger partial charge in [0.25, 0.3) is 12.3 Å². The highest BCUT2D eigenvalue weighted by Crippen LogP contribution is 2.14. The number of hydrogen-bond donors (Lipinski definition) is 2. The average molecular weight is 246 g/mol. The minimum absolute atomic E-state index is 0.301. The number of benzene rings is 1. The first-order chi connectivity index (χ1) is 7.99. The molecule has 1 aromatic carbocycles. The zero-order valence-electron chi connectivity index (χ0n) is 9.21. The van der Waals surface area contributed by atoms with Gasteiger partial charge in [0.05, 0.1) is 0 Å². The molecule has 0 saturated heterocycles. The Bertz CT molecular complexity index is 372. The Hall–Kier alpha value is -1.56. The summed E-state index contributed by atoms with van der Waals surface area (Å²) in [6, 6.07) is 8.03. The third-order valence-corrected chi connectivity index (χ3v) is 2.26. The van der Waals surface area contributed by atoms with E-state index in [9.17, 15) is 18.0 Å². The van der Waals surface area contributed by atoms with Crippen LogP contribution in [0.15, 0.2) is 30.3 Å². The lowest BCUT2D eigenvalue weighted by atomic mass is 10.1. The van der Waals surface area contributed by atoms with Crippen LogP contribution in [0.1, 0.15) is 17.3 Å². The normalized spacial score (nSPS) is 14.4. The number of rotatable bonds is 5. The standard InChI is InChI=1S/C11H13F3N2O/c1-11(7-12,10(13)14)16-15-9(17)8-5-3-2-4-6-8/h2-6,10,16H,7H2,1H3,(H,15,17). The molecule has 3 nitrogen and oxygen atoms in total. The van der Waals surface area contributed by atoms with Gasteiger partial charge in [-0.25, -0.2) is 18.6 Å². The highest BCUT2D eigenvalue weighted by molar-refractivity contribution is 5.93. The van der Waals surface area contributed by atoms with Crippen molar-refractivity contribution in [1.82, 2.24) is 10.9 Å². The molecule has 0 aromatic heterocycles. The fourth-order valence-corrected chi connectivity index (χ4v) is 1.01. The summed E-state index contributed by atoms with van der Waals surface area (Å²) in [5.41, 5.74) is 2.30. The molecule has 17 heavy (non-hydrogen) atoms. The van der Waals surface area contributed by atoms with E-state index >= 15 is 0 Å². The Morgan fingerprint density at radius 1 is 1.35 bits per heavy atom. The summed E-state index contributed by atoms with van der Waals surface area (Å²) in [4.78, 5) is 11.5. The number of hydrazine groups is 1. The topological polar surface area (TPSA) is 41.1 Å². The maximum atomic E-state index is 12.5. The van der Waals surface area contributed by atoms with Crippen LogP contribution in [0.2, 0.25) is 0 Å². The molecule has 0 heterocycles. The Labute approximate surface area is 97.0 Å². The number of halogens is 3. The lowest BCUT2D eigenvalue weighted by Gasteiger charge is -2.26. The average Bonchev–Trinajstić information content (AvgIpc) is 2.36. The Kier molecular flexibility index (Phi) is 4.51. The quantitative estimate of drug-likeness (QED) is 0.779. The van der Waals surface area contributed by atoms with Gasteiger partial charge >= 0.3 is 0 Å². The van der Waals surface area contributed by atoms with Crippen molar-refractivity contribution in [3.63, 3.8) is 0 Å². The molecule has 6 heteroatoms. The molecule has 2 N–H and O–H groups in total. The summed E-state index contributed by atoms with van der Waals surface area (Å²) >= 11 is 0. The monoisotopic (exact) mass is 246 g/mol. The van der Waals surface area contributed by atoms with E-state index in [-0.39, 0.29) is 0 Å². The van der Waals surface area contributed by atoms with Crippen molar-refractivity contribution in [2.75, 3.05) is 6.67 Å². The summed E-state index contributed by atoms with van der Waals surface area (Å²) in [7, 11) is 0. The summed E-state index contributed by atoms with van der Waals surface area (Å²) in [5.74, 6) is -0.592. The van der Waals surface area contributed by atoms with E-state index in [1.807, 2.05) is 5.43 Å². The van der Waals surface area contributed by atoms with E-state index in [1.54, 1.807) is 18.2 Å². The number of alkyl halides is 3. The van der Waals surface area contributed by atoms with Crippen LogP contribution in [-0.2, 0) is 0 Å². The molecule has 1 atom stereocenters. The fraction of sp³-hybridized carbons (Fsp3) is 0.364. The molecule has 0 fully saturated rings. The highest BCUT2D eigenvalue weighted by Gasteiger charge is 2.35. The summed E-state index contributed by atoms with van der Waals surface area (Å²) in [5, 5.41) is 0. The number of carbonyl (C=O) groups excluding carboxylic acids is 1. The minimum Gasteiger partial charge on any atom is -0.287 e. The second-order valence-corrected chi connectivity index (χ2v) is 3.80. The summed E-state index contributed by atoms with van der Waals surface area (Å²) in [6.45, 7) is -0.303. The van der Waals surface area contributed by atoms with Crippen molar-refractivity contribution in [3.05, 3.63) is 35.9 Å². The molecule has 0 bridgehead atoms.